The zero-order valence-electron chi connectivity index (χ0n) is 10.6. The average Bonchev–Trinajstić information content (AvgIpc) is 2.34. The van der Waals surface area contributed by atoms with Gasteiger partial charge in [0.25, 0.3) is 5.91 Å². The van der Waals surface area contributed by atoms with Crippen LogP contribution in [0.4, 0.5) is 24.5 Å². The van der Waals surface area contributed by atoms with E-state index in [-0.39, 0.29) is 0 Å². The summed E-state index contributed by atoms with van der Waals surface area (Å²) in [6, 6.07) is 6.39. The Hall–Kier alpha value is -1.76. The van der Waals surface area contributed by atoms with Crippen molar-refractivity contribution in [2.45, 2.75) is 19.2 Å². The molecule has 1 rings (SSSR count). The smallest absolute Gasteiger partial charge is 0.399 e. The Morgan fingerprint density at radius 3 is 2.37 bits per heavy atom. The van der Waals surface area contributed by atoms with E-state index in [0.717, 1.165) is 6.92 Å². The van der Waals surface area contributed by atoms with Crippen molar-refractivity contribution in [1.29, 1.82) is 0 Å². The Labute approximate surface area is 108 Å². The molecule has 0 saturated heterocycles. The minimum Gasteiger partial charge on any atom is -0.399 e. The monoisotopic (exact) mass is 276 g/mol. The van der Waals surface area contributed by atoms with Crippen LogP contribution in [0.15, 0.2) is 24.3 Å². The zero-order valence-corrected chi connectivity index (χ0v) is 10.6. The van der Waals surface area contributed by atoms with Crippen LogP contribution in [0.1, 0.15) is 6.92 Å². The van der Waals surface area contributed by atoms with Crippen molar-refractivity contribution in [3.05, 3.63) is 24.3 Å². The predicted molar refractivity (Wildman–Crippen MR) is 65.7 cm³/mol. The third kappa shape index (κ3) is 4.44. The summed E-state index contributed by atoms with van der Waals surface area (Å²) >= 11 is 0. The SMILES string of the molecule is CC(OCC(=O)N(C)c1ccc(N)cc1)C(F)(F)F. The number of carbonyl (C=O) groups is 1. The summed E-state index contributed by atoms with van der Waals surface area (Å²) < 4.78 is 41.1. The summed E-state index contributed by atoms with van der Waals surface area (Å²) in [5.74, 6) is -0.569. The second-order valence-corrected chi connectivity index (χ2v) is 4.04. The fraction of sp³-hybridized carbons (Fsp3) is 0.417. The van der Waals surface area contributed by atoms with E-state index >= 15 is 0 Å². The molecule has 106 valence electrons. The molecule has 2 N–H and O–H groups in total. The molecule has 19 heavy (non-hydrogen) atoms. The lowest BCUT2D eigenvalue weighted by Crippen LogP contribution is -2.35. The van der Waals surface area contributed by atoms with Gasteiger partial charge in [-0.25, -0.2) is 0 Å². The van der Waals surface area contributed by atoms with Crippen LogP contribution < -0.4 is 10.6 Å². The highest BCUT2D eigenvalue weighted by molar-refractivity contribution is 5.93. The number of likely N-dealkylation sites (N-methyl/N-ethyl adjacent to an activating group) is 1. The van der Waals surface area contributed by atoms with Crippen molar-refractivity contribution in [3.8, 4) is 0 Å². The number of alkyl halides is 3. The Balaban J connectivity index is 2.56. The summed E-state index contributed by atoms with van der Waals surface area (Å²) in [4.78, 5) is 12.9. The molecule has 0 heterocycles. The minimum atomic E-state index is -4.47. The molecule has 0 radical (unpaired) electrons. The molecule has 0 spiro atoms. The van der Waals surface area contributed by atoms with Crippen LogP contribution in [-0.4, -0.2) is 31.8 Å². The molecule has 4 nitrogen and oxygen atoms in total. The highest BCUT2D eigenvalue weighted by Crippen LogP contribution is 2.22. The molecule has 0 bridgehead atoms. The molecule has 0 aromatic heterocycles. The third-order valence-electron chi connectivity index (χ3n) is 2.57. The first-order chi connectivity index (χ1) is 8.71. The molecule has 1 aromatic rings. The van der Waals surface area contributed by atoms with Crippen LogP contribution >= 0.6 is 0 Å². The molecule has 1 atom stereocenters. The van der Waals surface area contributed by atoms with Gasteiger partial charge in [0.05, 0.1) is 0 Å². The third-order valence-corrected chi connectivity index (χ3v) is 2.57. The number of amides is 1. The number of rotatable bonds is 4. The van der Waals surface area contributed by atoms with Crippen molar-refractivity contribution >= 4 is 17.3 Å². The second-order valence-electron chi connectivity index (χ2n) is 4.04. The molecular weight excluding hydrogens is 261 g/mol. The quantitative estimate of drug-likeness (QED) is 0.858. The lowest BCUT2D eigenvalue weighted by Gasteiger charge is -2.20. The molecule has 1 aromatic carbocycles. The van der Waals surface area contributed by atoms with Crippen molar-refractivity contribution < 1.29 is 22.7 Å². The van der Waals surface area contributed by atoms with Gasteiger partial charge >= 0.3 is 6.18 Å². The average molecular weight is 276 g/mol. The predicted octanol–water partition coefficient (Wildman–Crippen LogP) is 2.20. The van der Waals surface area contributed by atoms with E-state index in [1.165, 1.54) is 11.9 Å². The molecule has 0 aliphatic heterocycles. The lowest BCUT2D eigenvalue weighted by molar-refractivity contribution is -0.213. The maximum Gasteiger partial charge on any atom is 0.414 e. The molecule has 0 fully saturated rings. The van der Waals surface area contributed by atoms with Gasteiger partial charge in [-0.1, -0.05) is 0 Å². The molecule has 0 aliphatic carbocycles. The van der Waals surface area contributed by atoms with Gasteiger partial charge in [0.1, 0.15) is 6.61 Å². The van der Waals surface area contributed by atoms with Crippen LogP contribution in [0.25, 0.3) is 0 Å². The lowest BCUT2D eigenvalue weighted by atomic mass is 10.2. The summed E-state index contributed by atoms with van der Waals surface area (Å²) in [6.07, 6.45) is -6.45. The van der Waals surface area contributed by atoms with Gasteiger partial charge in [-0.05, 0) is 31.2 Å². The highest BCUT2D eigenvalue weighted by Gasteiger charge is 2.37. The number of hydrogen-bond donors (Lipinski definition) is 1. The van der Waals surface area contributed by atoms with Crippen molar-refractivity contribution in [3.63, 3.8) is 0 Å². The van der Waals surface area contributed by atoms with E-state index in [9.17, 15) is 18.0 Å². The van der Waals surface area contributed by atoms with Crippen molar-refractivity contribution in [2.75, 3.05) is 24.3 Å². The summed E-state index contributed by atoms with van der Waals surface area (Å²) in [5, 5.41) is 0. The number of halogens is 3. The molecule has 1 unspecified atom stereocenters. The van der Waals surface area contributed by atoms with Gasteiger partial charge in [-0.2, -0.15) is 13.2 Å². The zero-order chi connectivity index (χ0) is 14.6. The van der Waals surface area contributed by atoms with Gasteiger partial charge in [-0.3, -0.25) is 4.79 Å². The van der Waals surface area contributed by atoms with E-state index < -0.39 is 24.8 Å². The largest absolute Gasteiger partial charge is 0.414 e. The Bertz CT molecular complexity index is 432. The van der Waals surface area contributed by atoms with Gasteiger partial charge in [0.2, 0.25) is 0 Å². The normalized spacial score (nSPS) is 13.1. The number of hydrogen-bond acceptors (Lipinski definition) is 3. The van der Waals surface area contributed by atoms with Gasteiger partial charge in [0, 0.05) is 18.4 Å². The van der Waals surface area contributed by atoms with Gasteiger partial charge < -0.3 is 15.4 Å². The van der Waals surface area contributed by atoms with Gasteiger partial charge in [-0.15, -0.1) is 0 Å². The highest BCUT2D eigenvalue weighted by atomic mass is 19.4. The number of nitrogens with zero attached hydrogens (tertiary/aromatic N) is 1. The Morgan fingerprint density at radius 1 is 1.37 bits per heavy atom. The molecular formula is C12H15F3N2O2. The van der Waals surface area contributed by atoms with Crippen LogP contribution in [0.2, 0.25) is 0 Å². The van der Waals surface area contributed by atoms with E-state index in [1.807, 2.05) is 0 Å². The number of ether oxygens (including phenoxy) is 1. The van der Waals surface area contributed by atoms with Crippen LogP contribution in [-0.2, 0) is 9.53 Å². The fourth-order valence-electron chi connectivity index (χ4n) is 1.23. The molecule has 1 amide bonds. The first kappa shape index (κ1) is 15.3. The molecule has 7 heteroatoms. The topological polar surface area (TPSA) is 55.6 Å². The Kier molecular flexibility index (Phi) is 4.77. The number of benzene rings is 1. The van der Waals surface area contributed by atoms with Crippen LogP contribution in [0, 0.1) is 0 Å². The maximum absolute atomic E-state index is 12.2. The van der Waals surface area contributed by atoms with Crippen LogP contribution in [0.5, 0.6) is 0 Å². The van der Waals surface area contributed by atoms with Crippen molar-refractivity contribution in [2.24, 2.45) is 0 Å². The van der Waals surface area contributed by atoms with Crippen LogP contribution in [0.3, 0.4) is 0 Å². The first-order valence-corrected chi connectivity index (χ1v) is 5.52. The first-order valence-electron chi connectivity index (χ1n) is 5.52. The summed E-state index contributed by atoms with van der Waals surface area (Å²) in [7, 11) is 1.45. The number of nitrogens with two attached hydrogens (primary N) is 1. The van der Waals surface area contributed by atoms with Crippen molar-refractivity contribution in [1.82, 2.24) is 0 Å². The number of anilines is 2. The Morgan fingerprint density at radius 2 is 1.89 bits per heavy atom. The molecule has 0 saturated carbocycles. The fourth-order valence-corrected chi connectivity index (χ4v) is 1.23. The van der Waals surface area contributed by atoms with E-state index in [4.69, 9.17) is 5.73 Å². The van der Waals surface area contributed by atoms with E-state index in [2.05, 4.69) is 4.74 Å². The van der Waals surface area contributed by atoms with E-state index in [1.54, 1.807) is 24.3 Å². The molecule has 0 aliphatic rings. The number of nitrogen functional groups attached to an aromatic ring is 1. The number of carbonyl (C=O) groups excluding carboxylic acids is 1. The minimum absolute atomic E-state index is 0.530. The second kappa shape index (κ2) is 5.92. The van der Waals surface area contributed by atoms with Gasteiger partial charge in [0.15, 0.2) is 6.10 Å². The summed E-state index contributed by atoms with van der Waals surface area (Å²) in [6.45, 7) is 0.220. The maximum atomic E-state index is 12.2. The summed E-state index contributed by atoms with van der Waals surface area (Å²) in [5.41, 5.74) is 6.56. The van der Waals surface area contributed by atoms with E-state index in [0.29, 0.717) is 11.4 Å². The standard InChI is InChI=1S/C12H15F3N2O2/c1-8(12(13,14)15)19-7-11(18)17(2)10-5-3-9(16)4-6-10/h3-6,8H,7,16H2,1-2H3.